The molecule has 1 fully saturated rings. The third-order valence-electron chi connectivity index (χ3n) is 7.00. The van der Waals surface area contributed by atoms with Crippen molar-refractivity contribution < 1.29 is 19.7 Å². The molecule has 4 rings (SSSR count). The maximum Gasteiger partial charge on any atom is 0.134 e. The highest BCUT2D eigenvalue weighted by Crippen LogP contribution is 2.33. The number of pyridine rings is 1. The number of hydrogen-bond acceptors (Lipinski definition) is 6. The molecule has 2 N–H and O–H groups in total. The first kappa shape index (κ1) is 25.0. The summed E-state index contributed by atoms with van der Waals surface area (Å²) in [5.74, 6) is 8.56. The van der Waals surface area contributed by atoms with Gasteiger partial charge in [-0.05, 0) is 79.6 Å². The number of methoxy groups -OCH3 is 2. The highest BCUT2D eigenvalue weighted by atomic mass is 16.5. The molecule has 0 bridgehead atoms. The summed E-state index contributed by atoms with van der Waals surface area (Å²) in [5.41, 5.74) is 2.61. The first-order valence-corrected chi connectivity index (χ1v) is 12.2. The van der Waals surface area contributed by atoms with Crippen LogP contribution in [0.1, 0.15) is 36.5 Å². The number of piperidine rings is 1. The number of ether oxygens (including phenoxy) is 2. The normalized spacial score (nSPS) is 19.1. The SMILES string of the molecule is COc1ccc2nccc([C@H](O)CC[C@@H]3CCN(CC#Cc4ccccc4OC)C[C@@H]3CO)c2c1. The summed E-state index contributed by atoms with van der Waals surface area (Å²) < 4.78 is 10.7. The zero-order valence-electron chi connectivity index (χ0n) is 20.5. The van der Waals surface area contributed by atoms with Crippen molar-refractivity contribution in [1.82, 2.24) is 9.88 Å². The molecule has 2 heterocycles. The van der Waals surface area contributed by atoms with Gasteiger partial charge >= 0.3 is 0 Å². The number of aliphatic hydroxyl groups excluding tert-OH is 2. The van der Waals surface area contributed by atoms with Gasteiger partial charge in [-0.3, -0.25) is 9.88 Å². The molecule has 0 spiro atoms. The first-order valence-electron chi connectivity index (χ1n) is 12.2. The number of rotatable bonds is 8. The van der Waals surface area contributed by atoms with Crippen LogP contribution >= 0.6 is 0 Å². The minimum absolute atomic E-state index is 0.145. The molecular weight excluding hydrogens is 440 g/mol. The lowest BCUT2D eigenvalue weighted by Gasteiger charge is -2.37. The minimum atomic E-state index is -0.586. The second kappa shape index (κ2) is 12.0. The van der Waals surface area contributed by atoms with Gasteiger partial charge in [-0.2, -0.15) is 0 Å². The summed E-state index contributed by atoms with van der Waals surface area (Å²) in [4.78, 5) is 6.72. The molecule has 1 aliphatic heterocycles. The van der Waals surface area contributed by atoms with E-state index in [1.165, 1.54) is 0 Å². The predicted octanol–water partition coefficient (Wildman–Crippen LogP) is 4.05. The molecule has 6 heteroatoms. The third-order valence-corrected chi connectivity index (χ3v) is 7.00. The van der Waals surface area contributed by atoms with E-state index in [9.17, 15) is 10.2 Å². The Bertz CT molecular complexity index is 1190. The predicted molar refractivity (Wildman–Crippen MR) is 137 cm³/mol. The largest absolute Gasteiger partial charge is 0.497 e. The van der Waals surface area contributed by atoms with Gasteiger partial charge in [0.1, 0.15) is 11.5 Å². The van der Waals surface area contributed by atoms with Gasteiger partial charge in [0.2, 0.25) is 0 Å². The molecule has 2 aromatic carbocycles. The number of fused-ring (bicyclic) bond motifs is 1. The Hall–Kier alpha value is -3.11. The van der Waals surface area contributed by atoms with Crippen LogP contribution in [-0.2, 0) is 0 Å². The van der Waals surface area contributed by atoms with Crippen molar-refractivity contribution in [2.24, 2.45) is 11.8 Å². The van der Waals surface area contributed by atoms with E-state index in [0.29, 0.717) is 18.9 Å². The number of benzene rings is 2. The minimum Gasteiger partial charge on any atom is -0.497 e. The average molecular weight is 475 g/mol. The topological polar surface area (TPSA) is 75.1 Å². The van der Waals surface area contributed by atoms with Crippen LogP contribution in [0, 0.1) is 23.7 Å². The van der Waals surface area contributed by atoms with Crippen LogP contribution in [0.2, 0.25) is 0 Å². The van der Waals surface area contributed by atoms with E-state index in [-0.39, 0.29) is 12.5 Å². The molecule has 3 atom stereocenters. The standard InChI is InChI=1S/C29H34N2O4/c1-34-24-10-11-27-26(18-24)25(13-15-30-27)28(33)12-9-21-14-17-31(19-23(21)20-32)16-5-7-22-6-3-4-8-29(22)35-2/h3-4,6,8,10-11,13,15,18,21,23,28,32-33H,9,12,14,16-17,19-20H2,1-2H3/t21-,23-,28-/m1/s1. The number of aromatic nitrogens is 1. The first-order chi connectivity index (χ1) is 17.1. The van der Waals surface area contributed by atoms with Crippen LogP contribution in [0.15, 0.2) is 54.7 Å². The maximum absolute atomic E-state index is 11.0. The molecule has 184 valence electrons. The Morgan fingerprint density at radius 2 is 1.97 bits per heavy atom. The summed E-state index contributed by atoms with van der Waals surface area (Å²) in [6.45, 7) is 2.56. The number of hydrogen-bond donors (Lipinski definition) is 2. The molecule has 3 aromatic rings. The van der Waals surface area contributed by atoms with Crippen molar-refractivity contribution in [2.75, 3.05) is 40.5 Å². The zero-order valence-corrected chi connectivity index (χ0v) is 20.5. The number of aliphatic hydroxyl groups is 2. The number of para-hydroxylation sites is 1. The van der Waals surface area contributed by atoms with Crippen molar-refractivity contribution in [3.05, 3.63) is 65.9 Å². The fourth-order valence-corrected chi connectivity index (χ4v) is 4.97. The Morgan fingerprint density at radius 1 is 1.11 bits per heavy atom. The number of nitrogens with zero attached hydrogens (tertiary/aromatic N) is 2. The monoisotopic (exact) mass is 474 g/mol. The lowest BCUT2D eigenvalue weighted by molar-refractivity contribution is 0.0640. The third kappa shape index (κ3) is 6.12. The van der Waals surface area contributed by atoms with Gasteiger partial charge in [0.05, 0.1) is 37.9 Å². The van der Waals surface area contributed by atoms with Gasteiger partial charge in [0.15, 0.2) is 0 Å². The summed E-state index contributed by atoms with van der Waals surface area (Å²) in [6, 6.07) is 15.4. The fraction of sp³-hybridized carbons (Fsp3) is 0.414. The lowest BCUT2D eigenvalue weighted by Crippen LogP contribution is -2.42. The second-order valence-electron chi connectivity index (χ2n) is 9.10. The van der Waals surface area contributed by atoms with Crippen LogP contribution in [0.3, 0.4) is 0 Å². The Balaban J connectivity index is 1.34. The van der Waals surface area contributed by atoms with Crippen molar-refractivity contribution in [2.45, 2.75) is 25.4 Å². The van der Waals surface area contributed by atoms with E-state index in [2.05, 4.69) is 21.7 Å². The Labute approximate surface area is 207 Å². The van der Waals surface area contributed by atoms with Gasteiger partial charge < -0.3 is 19.7 Å². The molecule has 35 heavy (non-hydrogen) atoms. The van der Waals surface area contributed by atoms with Crippen LogP contribution in [0.5, 0.6) is 11.5 Å². The van der Waals surface area contributed by atoms with E-state index in [0.717, 1.165) is 59.5 Å². The van der Waals surface area contributed by atoms with Crippen LogP contribution in [0.25, 0.3) is 10.9 Å². The summed E-state index contributed by atoms with van der Waals surface area (Å²) in [7, 11) is 3.29. The maximum atomic E-state index is 11.0. The van der Waals surface area contributed by atoms with Crippen LogP contribution in [-0.4, -0.2) is 60.6 Å². The molecule has 0 unspecified atom stereocenters. The van der Waals surface area contributed by atoms with Crippen molar-refractivity contribution in [3.8, 4) is 23.3 Å². The molecule has 6 nitrogen and oxygen atoms in total. The molecule has 1 saturated heterocycles. The molecule has 0 aliphatic carbocycles. The summed E-state index contributed by atoms with van der Waals surface area (Å²) in [5, 5.41) is 22.0. The lowest BCUT2D eigenvalue weighted by atomic mass is 9.81. The Morgan fingerprint density at radius 3 is 2.77 bits per heavy atom. The molecule has 0 amide bonds. The highest BCUT2D eigenvalue weighted by Gasteiger charge is 2.29. The van der Waals surface area contributed by atoms with Gasteiger partial charge in [-0.25, -0.2) is 0 Å². The average Bonchev–Trinajstić information content (AvgIpc) is 2.91. The highest BCUT2D eigenvalue weighted by molar-refractivity contribution is 5.83. The van der Waals surface area contributed by atoms with E-state index < -0.39 is 6.10 Å². The van der Waals surface area contributed by atoms with E-state index in [4.69, 9.17) is 9.47 Å². The fourth-order valence-electron chi connectivity index (χ4n) is 4.97. The van der Waals surface area contributed by atoms with Gasteiger partial charge in [-0.1, -0.05) is 24.0 Å². The van der Waals surface area contributed by atoms with Crippen molar-refractivity contribution >= 4 is 10.9 Å². The van der Waals surface area contributed by atoms with Gasteiger partial charge in [0.25, 0.3) is 0 Å². The quantitative estimate of drug-likeness (QED) is 0.480. The van der Waals surface area contributed by atoms with Crippen LogP contribution in [0.4, 0.5) is 0 Å². The molecule has 1 aromatic heterocycles. The van der Waals surface area contributed by atoms with Crippen molar-refractivity contribution in [1.29, 1.82) is 0 Å². The summed E-state index contributed by atoms with van der Waals surface area (Å²) in [6.07, 6.45) is 3.65. The van der Waals surface area contributed by atoms with Crippen molar-refractivity contribution in [3.63, 3.8) is 0 Å². The number of likely N-dealkylation sites (tertiary alicyclic amines) is 1. The molecule has 0 radical (unpaired) electrons. The molecule has 0 saturated carbocycles. The molecule has 1 aliphatic rings. The smallest absolute Gasteiger partial charge is 0.134 e. The Kier molecular flexibility index (Phi) is 8.59. The van der Waals surface area contributed by atoms with Gasteiger partial charge in [-0.15, -0.1) is 0 Å². The summed E-state index contributed by atoms with van der Waals surface area (Å²) >= 11 is 0. The second-order valence-corrected chi connectivity index (χ2v) is 9.10. The van der Waals surface area contributed by atoms with Crippen LogP contribution < -0.4 is 9.47 Å². The van der Waals surface area contributed by atoms with E-state index in [1.54, 1.807) is 20.4 Å². The molecular formula is C29H34N2O4. The van der Waals surface area contributed by atoms with E-state index in [1.807, 2.05) is 48.5 Å². The van der Waals surface area contributed by atoms with Gasteiger partial charge in [0, 0.05) is 24.7 Å². The zero-order chi connectivity index (χ0) is 24.6. The van der Waals surface area contributed by atoms with E-state index >= 15 is 0 Å².